The van der Waals surface area contributed by atoms with Gasteiger partial charge in [-0.3, -0.25) is 0 Å². The zero-order chi connectivity index (χ0) is 7.40. The zero-order valence-corrected chi connectivity index (χ0v) is 5.96. The predicted octanol–water partition coefficient (Wildman–Crippen LogP) is 1.10. The van der Waals surface area contributed by atoms with Crippen LogP contribution in [0.25, 0.3) is 0 Å². The van der Waals surface area contributed by atoms with Crippen LogP contribution in [0.1, 0.15) is 6.92 Å². The van der Waals surface area contributed by atoms with Crippen molar-refractivity contribution in [1.29, 1.82) is 0 Å². The number of nitrogens with one attached hydrogen (secondary N) is 1. The third-order valence-corrected chi connectivity index (χ3v) is 1.13. The molecule has 0 fully saturated rings. The molecule has 0 aliphatic rings. The van der Waals surface area contributed by atoms with Gasteiger partial charge in [0.05, 0.1) is 0 Å². The van der Waals surface area contributed by atoms with E-state index in [1.807, 2.05) is 19.1 Å². The lowest BCUT2D eigenvalue weighted by Crippen LogP contribution is -2.00. The number of nitrogen functional groups attached to an aromatic ring is 1. The molecule has 54 valence electrons. The third kappa shape index (κ3) is 1.62. The molecule has 0 atom stereocenters. The second-order valence-corrected chi connectivity index (χ2v) is 1.98. The van der Waals surface area contributed by atoms with Crippen molar-refractivity contribution in [2.75, 3.05) is 17.6 Å². The van der Waals surface area contributed by atoms with Crippen LogP contribution in [0.4, 0.5) is 11.6 Å². The first-order chi connectivity index (χ1) is 4.83. The summed E-state index contributed by atoms with van der Waals surface area (Å²) in [6.45, 7) is 2.89. The maximum atomic E-state index is 5.44. The van der Waals surface area contributed by atoms with E-state index in [9.17, 15) is 0 Å². The minimum atomic E-state index is 0.554. The molecule has 0 amide bonds. The van der Waals surface area contributed by atoms with Gasteiger partial charge in [-0.05, 0) is 19.1 Å². The lowest BCUT2D eigenvalue weighted by atomic mass is 10.4. The van der Waals surface area contributed by atoms with Gasteiger partial charge in [0.2, 0.25) is 0 Å². The number of hydrogen-bond acceptors (Lipinski definition) is 3. The van der Waals surface area contributed by atoms with Gasteiger partial charge in [0, 0.05) is 6.54 Å². The van der Waals surface area contributed by atoms with E-state index < -0.39 is 0 Å². The maximum absolute atomic E-state index is 5.44. The van der Waals surface area contributed by atoms with Crippen LogP contribution in [0, 0.1) is 0 Å². The van der Waals surface area contributed by atoms with Crippen LogP contribution in [-0.4, -0.2) is 11.5 Å². The Bertz CT molecular complexity index is 210. The third-order valence-electron chi connectivity index (χ3n) is 1.13. The van der Waals surface area contributed by atoms with E-state index >= 15 is 0 Å². The SMILES string of the molecule is CCNc1cccc(N)n1. The van der Waals surface area contributed by atoms with Crippen molar-refractivity contribution in [3.05, 3.63) is 18.2 Å². The van der Waals surface area contributed by atoms with Crippen LogP contribution in [-0.2, 0) is 0 Å². The molecule has 0 aliphatic heterocycles. The van der Waals surface area contributed by atoms with Crippen molar-refractivity contribution < 1.29 is 0 Å². The fourth-order valence-electron chi connectivity index (χ4n) is 0.731. The highest BCUT2D eigenvalue weighted by Crippen LogP contribution is 2.04. The summed E-state index contributed by atoms with van der Waals surface area (Å²) in [4.78, 5) is 4.03. The molecule has 3 nitrogen and oxygen atoms in total. The van der Waals surface area contributed by atoms with Crippen molar-refractivity contribution in [2.24, 2.45) is 0 Å². The van der Waals surface area contributed by atoms with E-state index in [2.05, 4.69) is 10.3 Å². The normalized spacial score (nSPS) is 9.30. The number of rotatable bonds is 2. The van der Waals surface area contributed by atoms with E-state index in [0.29, 0.717) is 5.82 Å². The van der Waals surface area contributed by atoms with Crippen molar-refractivity contribution in [3.8, 4) is 0 Å². The fourth-order valence-corrected chi connectivity index (χ4v) is 0.731. The van der Waals surface area contributed by atoms with Gasteiger partial charge >= 0.3 is 0 Å². The van der Waals surface area contributed by atoms with Crippen molar-refractivity contribution >= 4 is 11.6 Å². The molecule has 0 radical (unpaired) electrons. The molecule has 0 aromatic carbocycles. The second-order valence-electron chi connectivity index (χ2n) is 1.98. The topological polar surface area (TPSA) is 50.9 Å². The molecule has 0 aliphatic carbocycles. The Balaban J connectivity index is 2.75. The van der Waals surface area contributed by atoms with Gasteiger partial charge in [-0.1, -0.05) is 6.07 Å². The fraction of sp³-hybridized carbons (Fsp3) is 0.286. The molecule has 0 saturated carbocycles. The van der Waals surface area contributed by atoms with Crippen molar-refractivity contribution in [1.82, 2.24) is 4.98 Å². The molecular weight excluding hydrogens is 126 g/mol. The van der Waals surface area contributed by atoms with E-state index in [0.717, 1.165) is 12.4 Å². The molecule has 0 unspecified atom stereocenters. The molecule has 10 heavy (non-hydrogen) atoms. The number of hydrogen-bond donors (Lipinski definition) is 2. The lowest BCUT2D eigenvalue weighted by Gasteiger charge is -2.00. The number of aromatic nitrogens is 1. The average Bonchev–Trinajstić information content (AvgIpc) is 1.88. The van der Waals surface area contributed by atoms with Crippen molar-refractivity contribution in [3.63, 3.8) is 0 Å². The molecule has 0 spiro atoms. The Kier molecular flexibility index (Phi) is 2.10. The van der Waals surface area contributed by atoms with Gasteiger partial charge in [-0.15, -0.1) is 0 Å². The van der Waals surface area contributed by atoms with Gasteiger partial charge in [0.25, 0.3) is 0 Å². The maximum Gasteiger partial charge on any atom is 0.128 e. The highest BCUT2D eigenvalue weighted by molar-refractivity contribution is 5.41. The number of pyridine rings is 1. The summed E-state index contributed by atoms with van der Waals surface area (Å²) < 4.78 is 0. The highest BCUT2D eigenvalue weighted by atomic mass is 15.0. The summed E-state index contributed by atoms with van der Waals surface area (Å²) in [5, 5.41) is 3.06. The zero-order valence-electron chi connectivity index (χ0n) is 5.96. The summed E-state index contributed by atoms with van der Waals surface area (Å²) >= 11 is 0. The number of nitrogens with two attached hydrogens (primary N) is 1. The van der Waals surface area contributed by atoms with E-state index in [1.165, 1.54) is 0 Å². The average molecular weight is 137 g/mol. The van der Waals surface area contributed by atoms with Crippen LogP contribution in [0.2, 0.25) is 0 Å². The monoisotopic (exact) mass is 137 g/mol. The van der Waals surface area contributed by atoms with Crippen molar-refractivity contribution in [2.45, 2.75) is 6.92 Å². The first-order valence-electron chi connectivity index (χ1n) is 3.29. The van der Waals surface area contributed by atoms with Crippen LogP contribution in [0.15, 0.2) is 18.2 Å². The quantitative estimate of drug-likeness (QED) is 0.641. The smallest absolute Gasteiger partial charge is 0.128 e. The van der Waals surface area contributed by atoms with E-state index in [4.69, 9.17) is 5.73 Å². The van der Waals surface area contributed by atoms with Gasteiger partial charge in [-0.25, -0.2) is 4.98 Å². The molecule has 0 saturated heterocycles. The Morgan fingerprint density at radius 3 is 3.00 bits per heavy atom. The molecule has 1 heterocycles. The summed E-state index contributed by atoms with van der Waals surface area (Å²) in [5.41, 5.74) is 5.44. The Morgan fingerprint density at radius 1 is 1.60 bits per heavy atom. The predicted molar refractivity (Wildman–Crippen MR) is 42.8 cm³/mol. The van der Waals surface area contributed by atoms with E-state index in [-0.39, 0.29) is 0 Å². The number of nitrogens with zero attached hydrogens (tertiary/aromatic N) is 1. The first-order valence-corrected chi connectivity index (χ1v) is 3.29. The van der Waals surface area contributed by atoms with Gasteiger partial charge < -0.3 is 11.1 Å². The van der Waals surface area contributed by atoms with Crippen LogP contribution >= 0.6 is 0 Å². The molecule has 3 heteroatoms. The second kappa shape index (κ2) is 3.06. The lowest BCUT2D eigenvalue weighted by molar-refractivity contribution is 1.16. The standard InChI is InChI=1S/C7H11N3/c1-2-9-7-5-3-4-6(8)10-7/h3-5H,2H2,1H3,(H3,8,9,10). The van der Waals surface area contributed by atoms with Crippen LogP contribution in [0.3, 0.4) is 0 Å². The van der Waals surface area contributed by atoms with Gasteiger partial charge in [0.15, 0.2) is 0 Å². The molecule has 3 N–H and O–H groups in total. The number of anilines is 2. The Labute approximate surface area is 60.3 Å². The summed E-state index contributed by atoms with van der Waals surface area (Å²) in [6, 6.07) is 5.53. The largest absolute Gasteiger partial charge is 0.384 e. The minimum Gasteiger partial charge on any atom is -0.384 e. The summed E-state index contributed by atoms with van der Waals surface area (Å²) in [5.74, 6) is 1.39. The van der Waals surface area contributed by atoms with E-state index in [1.54, 1.807) is 6.07 Å². The first kappa shape index (κ1) is 6.86. The van der Waals surface area contributed by atoms with Gasteiger partial charge in [0.1, 0.15) is 11.6 Å². The van der Waals surface area contributed by atoms with Crippen LogP contribution in [0.5, 0.6) is 0 Å². The minimum absolute atomic E-state index is 0.554. The molecule has 0 bridgehead atoms. The molecule has 1 aromatic rings. The Hall–Kier alpha value is -1.25. The van der Waals surface area contributed by atoms with Gasteiger partial charge in [-0.2, -0.15) is 0 Å². The summed E-state index contributed by atoms with van der Waals surface area (Å²) in [7, 11) is 0. The highest BCUT2D eigenvalue weighted by Gasteiger charge is 1.89. The summed E-state index contributed by atoms with van der Waals surface area (Å²) in [6.07, 6.45) is 0. The molecule has 1 rings (SSSR count). The Morgan fingerprint density at radius 2 is 2.40 bits per heavy atom. The van der Waals surface area contributed by atoms with Crippen LogP contribution < -0.4 is 11.1 Å². The molecular formula is C7H11N3. The molecule has 1 aromatic heterocycles.